The number of hydrogen-bond acceptors (Lipinski definition) is 7. The van der Waals surface area contributed by atoms with Crippen LogP contribution in [0.2, 0.25) is 0 Å². The number of non-ortho nitro benzene ring substituents is 1. The molecule has 3 aromatic rings. The number of fused-ring (bicyclic) bond motifs is 2. The molecule has 0 fully saturated rings. The number of hydrogen-bond donors (Lipinski definition) is 1. The van der Waals surface area contributed by atoms with Gasteiger partial charge in [0.1, 0.15) is 0 Å². The molecule has 0 spiro atoms. The predicted molar refractivity (Wildman–Crippen MR) is 132 cm³/mol. The van der Waals surface area contributed by atoms with E-state index in [0.29, 0.717) is 34.3 Å². The number of carbonyl (C=O) groups excluding carboxylic acids is 2. The van der Waals surface area contributed by atoms with E-state index < -0.39 is 22.9 Å². The number of esters is 1. The maximum Gasteiger partial charge on any atom is 0.339 e. The Morgan fingerprint density at radius 3 is 2.77 bits per heavy atom. The van der Waals surface area contributed by atoms with Gasteiger partial charge in [-0.25, -0.2) is 4.79 Å². The van der Waals surface area contributed by atoms with E-state index in [0.717, 1.165) is 37.2 Å². The zero-order valence-corrected chi connectivity index (χ0v) is 20.0. The SMILES string of the molecule is CCCN1CCc2nc3ccccc3c(C(=O)OC(C)C(=O)Nc3cc([N+](=O)[O-])ccc3C)c2C1. The third kappa shape index (κ3) is 5.14. The van der Waals surface area contributed by atoms with Crippen molar-refractivity contribution < 1.29 is 19.2 Å². The largest absolute Gasteiger partial charge is 0.449 e. The molecule has 35 heavy (non-hydrogen) atoms. The van der Waals surface area contributed by atoms with Gasteiger partial charge < -0.3 is 10.1 Å². The van der Waals surface area contributed by atoms with E-state index in [2.05, 4.69) is 17.1 Å². The lowest BCUT2D eigenvalue weighted by Crippen LogP contribution is -2.34. The number of nitrogens with zero attached hydrogens (tertiary/aromatic N) is 3. The lowest BCUT2D eigenvalue weighted by atomic mass is 9.95. The summed E-state index contributed by atoms with van der Waals surface area (Å²) in [6.07, 6.45) is 0.631. The second-order valence-corrected chi connectivity index (χ2v) is 8.75. The molecular weight excluding hydrogens is 448 g/mol. The zero-order valence-electron chi connectivity index (χ0n) is 20.0. The number of rotatable bonds is 7. The van der Waals surface area contributed by atoms with Crippen LogP contribution in [-0.2, 0) is 22.5 Å². The minimum atomic E-state index is -1.11. The van der Waals surface area contributed by atoms with Gasteiger partial charge in [0, 0.05) is 48.3 Å². The highest BCUT2D eigenvalue weighted by Crippen LogP contribution is 2.29. The summed E-state index contributed by atoms with van der Waals surface area (Å²) in [4.78, 5) is 43.9. The number of amides is 1. The van der Waals surface area contributed by atoms with Crippen molar-refractivity contribution in [3.63, 3.8) is 0 Å². The second kappa shape index (κ2) is 10.2. The fraction of sp³-hybridized carbons (Fsp3) is 0.346. The van der Waals surface area contributed by atoms with Gasteiger partial charge in [0.05, 0.1) is 21.7 Å². The van der Waals surface area contributed by atoms with Crippen molar-refractivity contribution in [2.75, 3.05) is 18.4 Å². The third-order valence-corrected chi connectivity index (χ3v) is 6.21. The number of aromatic nitrogens is 1. The molecule has 0 saturated heterocycles. The molecule has 0 saturated carbocycles. The first kappa shape index (κ1) is 24.3. The van der Waals surface area contributed by atoms with Crippen molar-refractivity contribution in [2.45, 2.75) is 46.3 Å². The Balaban J connectivity index is 1.60. The average Bonchev–Trinajstić information content (AvgIpc) is 2.83. The van der Waals surface area contributed by atoms with Crippen LogP contribution in [-0.4, -0.2) is 45.9 Å². The smallest absolute Gasteiger partial charge is 0.339 e. The van der Waals surface area contributed by atoms with Crippen molar-refractivity contribution in [3.8, 4) is 0 Å². The van der Waals surface area contributed by atoms with Gasteiger partial charge in [-0.05, 0) is 38.4 Å². The van der Waals surface area contributed by atoms with Gasteiger partial charge in [0.15, 0.2) is 6.10 Å². The Hall–Kier alpha value is -3.85. The van der Waals surface area contributed by atoms with Crippen molar-refractivity contribution >= 4 is 34.2 Å². The van der Waals surface area contributed by atoms with Crippen molar-refractivity contribution in [1.29, 1.82) is 0 Å². The highest BCUT2D eigenvalue weighted by molar-refractivity contribution is 6.06. The van der Waals surface area contributed by atoms with E-state index in [1.807, 2.05) is 24.3 Å². The first-order chi connectivity index (χ1) is 16.8. The maximum absolute atomic E-state index is 13.4. The van der Waals surface area contributed by atoms with E-state index in [9.17, 15) is 19.7 Å². The number of nitro groups is 1. The van der Waals surface area contributed by atoms with Crippen LogP contribution in [0, 0.1) is 17.0 Å². The number of anilines is 1. The molecule has 2 aromatic carbocycles. The molecule has 9 nitrogen and oxygen atoms in total. The van der Waals surface area contributed by atoms with Crippen molar-refractivity contribution in [2.24, 2.45) is 0 Å². The van der Waals surface area contributed by atoms with Crippen LogP contribution in [0.1, 0.15) is 47.4 Å². The van der Waals surface area contributed by atoms with Crippen molar-refractivity contribution in [3.05, 3.63) is 75.0 Å². The Morgan fingerprint density at radius 1 is 1.26 bits per heavy atom. The first-order valence-electron chi connectivity index (χ1n) is 11.7. The average molecular weight is 477 g/mol. The summed E-state index contributed by atoms with van der Waals surface area (Å²) in [7, 11) is 0. The Labute approximate surface area is 203 Å². The van der Waals surface area contributed by atoms with Gasteiger partial charge in [-0.3, -0.25) is 24.8 Å². The third-order valence-electron chi connectivity index (χ3n) is 6.21. The molecule has 0 bridgehead atoms. The highest BCUT2D eigenvalue weighted by atomic mass is 16.6. The summed E-state index contributed by atoms with van der Waals surface area (Å²) in [6.45, 7) is 7.72. The maximum atomic E-state index is 13.4. The monoisotopic (exact) mass is 476 g/mol. The molecule has 182 valence electrons. The number of benzene rings is 2. The van der Waals surface area contributed by atoms with Gasteiger partial charge in [-0.15, -0.1) is 0 Å². The number of para-hydroxylation sites is 1. The number of ether oxygens (including phenoxy) is 1. The Bertz CT molecular complexity index is 1310. The molecule has 9 heteroatoms. The number of pyridine rings is 1. The molecule has 0 radical (unpaired) electrons. The number of carbonyl (C=O) groups is 2. The van der Waals surface area contributed by atoms with Crippen LogP contribution >= 0.6 is 0 Å². The lowest BCUT2D eigenvalue weighted by molar-refractivity contribution is -0.384. The highest BCUT2D eigenvalue weighted by Gasteiger charge is 2.28. The summed E-state index contributed by atoms with van der Waals surface area (Å²) in [6, 6.07) is 11.6. The zero-order chi connectivity index (χ0) is 25.1. The van der Waals surface area contributed by atoms with Gasteiger partial charge in [-0.2, -0.15) is 0 Å². The Morgan fingerprint density at radius 2 is 2.03 bits per heavy atom. The first-order valence-corrected chi connectivity index (χ1v) is 11.7. The van der Waals surface area contributed by atoms with Crippen LogP contribution in [0.5, 0.6) is 0 Å². The van der Waals surface area contributed by atoms with E-state index in [1.165, 1.54) is 19.1 Å². The fourth-order valence-electron chi connectivity index (χ4n) is 4.35. The molecule has 1 atom stereocenters. The van der Waals surface area contributed by atoms with Gasteiger partial charge >= 0.3 is 5.97 Å². The Kier molecular flexibility index (Phi) is 7.07. The summed E-state index contributed by atoms with van der Waals surface area (Å²) in [5.74, 6) is -1.15. The normalized spacial score (nSPS) is 14.3. The molecule has 1 aliphatic rings. The summed E-state index contributed by atoms with van der Waals surface area (Å²) >= 11 is 0. The van der Waals surface area contributed by atoms with Crippen LogP contribution in [0.15, 0.2) is 42.5 Å². The predicted octanol–water partition coefficient (Wildman–Crippen LogP) is 4.40. The minimum absolute atomic E-state index is 0.137. The summed E-state index contributed by atoms with van der Waals surface area (Å²) in [5, 5.41) is 14.4. The molecule has 4 rings (SSSR count). The molecule has 1 aromatic heterocycles. The van der Waals surface area contributed by atoms with E-state index in [1.54, 1.807) is 13.0 Å². The topological polar surface area (TPSA) is 115 Å². The molecule has 1 unspecified atom stereocenters. The minimum Gasteiger partial charge on any atom is -0.449 e. The molecule has 2 heterocycles. The molecule has 1 aliphatic heterocycles. The van der Waals surface area contributed by atoms with Crippen molar-refractivity contribution in [1.82, 2.24) is 9.88 Å². The van der Waals surface area contributed by atoms with Crippen LogP contribution in [0.3, 0.4) is 0 Å². The summed E-state index contributed by atoms with van der Waals surface area (Å²) in [5.41, 5.74) is 3.70. The van der Waals surface area contributed by atoms with E-state index >= 15 is 0 Å². The number of aryl methyl sites for hydroxylation is 1. The van der Waals surface area contributed by atoms with Crippen LogP contribution in [0.4, 0.5) is 11.4 Å². The van der Waals surface area contributed by atoms with Gasteiger partial charge in [0.2, 0.25) is 0 Å². The number of nitrogens with one attached hydrogen (secondary N) is 1. The van der Waals surface area contributed by atoms with Gasteiger partial charge in [-0.1, -0.05) is 31.2 Å². The molecule has 1 amide bonds. The quantitative estimate of drug-likeness (QED) is 0.305. The lowest BCUT2D eigenvalue weighted by Gasteiger charge is -2.29. The second-order valence-electron chi connectivity index (χ2n) is 8.75. The molecule has 0 aliphatic carbocycles. The van der Waals surface area contributed by atoms with Gasteiger partial charge in [0.25, 0.3) is 11.6 Å². The van der Waals surface area contributed by atoms with Crippen LogP contribution < -0.4 is 5.32 Å². The standard InChI is InChI=1S/C26H28N4O5/c1-4-12-29-13-11-22-20(15-29)24(19-7-5-6-8-21(19)27-22)26(32)35-17(3)25(31)28-23-14-18(30(33)34)10-9-16(23)2/h5-10,14,17H,4,11-13,15H2,1-3H3,(H,28,31). The van der Waals surface area contributed by atoms with Crippen LogP contribution in [0.25, 0.3) is 10.9 Å². The summed E-state index contributed by atoms with van der Waals surface area (Å²) < 4.78 is 5.63. The van der Waals surface area contributed by atoms with E-state index in [4.69, 9.17) is 9.72 Å². The fourth-order valence-corrected chi connectivity index (χ4v) is 4.35. The van der Waals surface area contributed by atoms with E-state index in [-0.39, 0.29) is 5.69 Å². The number of nitro benzene ring substituents is 1. The molecular formula is C26H28N4O5. The molecule has 1 N–H and O–H groups in total.